The Hall–Kier alpha value is -2.38. The number of hydrogen-bond donors (Lipinski definition) is 2. The highest BCUT2D eigenvalue weighted by atomic mass is 32.2. The number of amides is 1. The minimum absolute atomic E-state index is 0.272. The quantitative estimate of drug-likeness (QED) is 0.826. The smallest absolute Gasteiger partial charge is 0.294 e. The summed E-state index contributed by atoms with van der Waals surface area (Å²) in [6.07, 6.45) is 0. The molecule has 0 fully saturated rings. The molecule has 0 bridgehead atoms. The van der Waals surface area contributed by atoms with Gasteiger partial charge in [0.2, 0.25) is 0 Å². The van der Waals surface area contributed by atoms with Crippen LogP contribution < -0.4 is 10.1 Å². The largest absolute Gasteiger partial charge is 0.494 e. The Labute approximate surface area is 128 Å². The summed E-state index contributed by atoms with van der Waals surface area (Å²) in [6.45, 7) is 2.40. The highest BCUT2D eigenvalue weighted by Crippen LogP contribution is 2.17. The minimum atomic E-state index is -4.31. The number of hydrogen-bond acceptors (Lipinski definition) is 4. The molecule has 2 aromatic rings. The van der Waals surface area contributed by atoms with Gasteiger partial charge in [-0.15, -0.1) is 0 Å². The molecule has 0 heterocycles. The lowest BCUT2D eigenvalue weighted by Gasteiger charge is -2.07. The number of benzene rings is 2. The molecule has 2 rings (SSSR count). The van der Waals surface area contributed by atoms with Crippen LogP contribution in [0.3, 0.4) is 0 Å². The van der Waals surface area contributed by atoms with E-state index in [1.807, 2.05) is 6.92 Å². The Balaban J connectivity index is 2.15. The van der Waals surface area contributed by atoms with E-state index < -0.39 is 16.0 Å². The van der Waals surface area contributed by atoms with Crippen LogP contribution in [0, 0.1) is 0 Å². The average molecular weight is 321 g/mol. The van der Waals surface area contributed by atoms with Gasteiger partial charge in [-0.1, -0.05) is 6.07 Å². The third kappa shape index (κ3) is 4.06. The van der Waals surface area contributed by atoms with Crippen molar-refractivity contribution in [3.05, 3.63) is 54.1 Å². The maximum atomic E-state index is 12.1. The summed E-state index contributed by atoms with van der Waals surface area (Å²) >= 11 is 0. The van der Waals surface area contributed by atoms with Gasteiger partial charge in [-0.3, -0.25) is 9.35 Å². The third-order valence-electron chi connectivity index (χ3n) is 2.82. The molecule has 2 N–H and O–H groups in total. The number of ether oxygens (including phenoxy) is 1. The fraction of sp³-hybridized carbons (Fsp3) is 0.133. The lowest BCUT2D eigenvalue weighted by molar-refractivity contribution is 0.102. The fourth-order valence-corrected chi connectivity index (χ4v) is 2.33. The maximum absolute atomic E-state index is 12.1. The molecule has 0 aromatic heterocycles. The van der Waals surface area contributed by atoms with Crippen LogP contribution in [0.5, 0.6) is 5.75 Å². The first-order valence-corrected chi connectivity index (χ1v) is 7.96. The van der Waals surface area contributed by atoms with Gasteiger partial charge in [0.15, 0.2) is 0 Å². The second-order valence-corrected chi connectivity index (χ2v) is 5.84. The Bertz CT molecular complexity index is 769. The first-order chi connectivity index (χ1) is 10.4. The maximum Gasteiger partial charge on any atom is 0.294 e. The van der Waals surface area contributed by atoms with Crippen LogP contribution >= 0.6 is 0 Å². The molecule has 0 aliphatic heterocycles. The number of anilines is 1. The molecule has 0 radical (unpaired) electrons. The summed E-state index contributed by atoms with van der Waals surface area (Å²) in [5.41, 5.74) is 0.676. The van der Waals surface area contributed by atoms with Crippen LogP contribution in [-0.4, -0.2) is 25.5 Å². The molecular formula is C15H15NO5S. The highest BCUT2D eigenvalue weighted by Gasteiger charge is 2.11. The van der Waals surface area contributed by atoms with Gasteiger partial charge in [0.1, 0.15) is 5.75 Å². The molecule has 0 aliphatic carbocycles. The van der Waals surface area contributed by atoms with Gasteiger partial charge in [0.25, 0.3) is 16.0 Å². The van der Waals surface area contributed by atoms with Gasteiger partial charge in [-0.25, -0.2) is 0 Å². The van der Waals surface area contributed by atoms with Gasteiger partial charge in [0.05, 0.1) is 11.5 Å². The van der Waals surface area contributed by atoms with E-state index in [-0.39, 0.29) is 10.6 Å². The number of carbonyl (C=O) groups excluding carboxylic acids is 1. The number of rotatable bonds is 5. The molecule has 0 spiro atoms. The van der Waals surface area contributed by atoms with Gasteiger partial charge in [-0.05, 0) is 49.4 Å². The van der Waals surface area contributed by atoms with Crippen LogP contribution in [0.4, 0.5) is 5.69 Å². The molecule has 7 heteroatoms. The van der Waals surface area contributed by atoms with E-state index in [0.717, 1.165) is 0 Å². The molecule has 2 aromatic carbocycles. The summed E-state index contributed by atoms with van der Waals surface area (Å²) in [4.78, 5) is 11.8. The lowest BCUT2D eigenvalue weighted by Crippen LogP contribution is -2.12. The molecule has 0 atom stereocenters. The topological polar surface area (TPSA) is 92.7 Å². The fourth-order valence-electron chi connectivity index (χ4n) is 1.81. The molecule has 0 aliphatic rings. The molecule has 0 saturated heterocycles. The standard InChI is InChI=1S/C15H15NO5S/c1-2-21-13-8-6-11(7-9-13)15(17)16-12-4-3-5-14(10-12)22(18,19)20/h3-10H,2H2,1H3,(H,16,17)(H,18,19,20). The van der Waals surface area contributed by atoms with E-state index in [9.17, 15) is 13.2 Å². The molecule has 116 valence electrons. The Morgan fingerprint density at radius 3 is 2.45 bits per heavy atom. The van der Waals surface area contributed by atoms with Crippen molar-refractivity contribution >= 4 is 21.7 Å². The molecular weight excluding hydrogens is 306 g/mol. The molecule has 1 amide bonds. The summed E-state index contributed by atoms with van der Waals surface area (Å²) in [6, 6.07) is 11.9. The van der Waals surface area contributed by atoms with Gasteiger partial charge in [-0.2, -0.15) is 8.42 Å². The van der Waals surface area contributed by atoms with Gasteiger partial charge >= 0.3 is 0 Å². The van der Waals surface area contributed by atoms with Gasteiger partial charge in [0, 0.05) is 11.3 Å². The van der Waals surface area contributed by atoms with Crippen molar-refractivity contribution in [3.8, 4) is 5.75 Å². The van der Waals surface area contributed by atoms with Crippen molar-refractivity contribution in [2.75, 3.05) is 11.9 Å². The summed E-state index contributed by atoms with van der Waals surface area (Å²) < 4.78 is 36.4. The lowest BCUT2D eigenvalue weighted by atomic mass is 10.2. The zero-order chi connectivity index (χ0) is 16.2. The Morgan fingerprint density at radius 2 is 1.86 bits per heavy atom. The molecule has 0 saturated carbocycles. The van der Waals surface area contributed by atoms with Crippen molar-refractivity contribution in [1.82, 2.24) is 0 Å². The normalized spacial score (nSPS) is 11.0. The van der Waals surface area contributed by atoms with E-state index in [2.05, 4.69) is 5.32 Å². The zero-order valence-electron chi connectivity index (χ0n) is 11.8. The van der Waals surface area contributed by atoms with Crippen LogP contribution in [0.15, 0.2) is 53.4 Å². The Morgan fingerprint density at radius 1 is 1.18 bits per heavy atom. The number of nitrogens with one attached hydrogen (secondary N) is 1. The van der Waals surface area contributed by atoms with E-state index in [4.69, 9.17) is 9.29 Å². The second-order valence-electron chi connectivity index (χ2n) is 4.41. The van der Waals surface area contributed by atoms with Crippen molar-refractivity contribution in [2.24, 2.45) is 0 Å². The van der Waals surface area contributed by atoms with Crippen molar-refractivity contribution in [3.63, 3.8) is 0 Å². The van der Waals surface area contributed by atoms with E-state index in [1.54, 1.807) is 24.3 Å². The van der Waals surface area contributed by atoms with Crippen molar-refractivity contribution < 1.29 is 22.5 Å². The summed E-state index contributed by atoms with van der Waals surface area (Å²) in [7, 11) is -4.31. The summed E-state index contributed by atoms with van der Waals surface area (Å²) in [5, 5.41) is 2.57. The van der Waals surface area contributed by atoms with Gasteiger partial charge < -0.3 is 10.1 Å². The molecule has 6 nitrogen and oxygen atoms in total. The molecule has 22 heavy (non-hydrogen) atoms. The van der Waals surface area contributed by atoms with E-state index >= 15 is 0 Å². The van der Waals surface area contributed by atoms with Crippen LogP contribution in [-0.2, 0) is 10.1 Å². The first kappa shape index (κ1) is 16.0. The van der Waals surface area contributed by atoms with E-state index in [1.165, 1.54) is 24.3 Å². The minimum Gasteiger partial charge on any atom is -0.494 e. The predicted octanol–water partition coefficient (Wildman–Crippen LogP) is 2.58. The SMILES string of the molecule is CCOc1ccc(C(=O)Nc2cccc(S(=O)(=O)O)c2)cc1. The van der Waals surface area contributed by atoms with Crippen LogP contribution in [0.2, 0.25) is 0 Å². The third-order valence-corrected chi connectivity index (χ3v) is 3.67. The second kappa shape index (κ2) is 6.59. The average Bonchev–Trinajstić information content (AvgIpc) is 2.48. The zero-order valence-corrected chi connectivity index (χ0v) is 12.6. The van der Waals surface area contributed by atoms with Crippen LogP contribution in [0.1, 0.15) is 17.3 Å². The molecule has 0 unspecified atom stereocenters. The predicted molar refractivity (Wildman–Crippen MR) is 81.8 cm³/mol. The Kier molecular flexibility index (Phi) is 4.79. The van der Waals surface area contributed by atoms with Crippen LogP contribution in [0.25, 0.3) is 0 Å². The van der Waals surface area contributed by atoms with Crippen molar-refractivity contribution in [1.29, 1.82) is 0 Å². The van der Waals surface area contributed by atoms with Crippen molar-refractivity contribution in [2.45, 2.75) is 11.8 Å². The monoisotopic (exact) mass is 321 g/mol. The van der Waals surface area contributed by atoms with E-state index in [0.29, 0.717) is 17.9 Å². The highest BCUT2D eigenvalue weighted by molar-refractivity contribution is 7.85. The summed E-state index contributed by atoms with van der Waals surface area (Å²) in [5.74, 6) is 0.267. The first-order valence-electron chi connectivity index (χ1n) is 6.52. The number of carbonyl (C=O) groups is 1.